The first-order valence-electron chi connectivity index (χ1n) is 5.08. The highest BCUT2D eigenvalue weighted by Gasteiger charge is 2.37. The number of hydrogen-bond acceptors (Lipinski definition) is 2. The van der Waals surface area contributed by atoms with Crippen molar-refractivity contribution in [3.05, 3.63) is 27.7 Å². The lowest BCUT2D eigenvalue weighted by molar-refractivity contribution is 0.0600. The summed E-state index contributed by atoms with van der Waals surface area (Å²) in [7, 11) is 0. The zero-order valence-corrected chi connectivity index (χ0v) is 10.2. The Labute approximate surface area is 100 Å². The average molecular weight is 293 g/mol. The fourth-order valence-electron chi connectivity index (χ4n) is 1.88. The van der Waals surface area contributed by atoms with Gasteiger partial charge in [-0.3, -0.25) is 0 Å². The van der Waals surface area contributed by atoms with Crippen molar-refractivity contribution >= 4 is 15.9 Å². The molecule has 2 nitrogen and oxygen atoms in total. The molecule has 0 saturated heterocycles. The zero-order valence-electron chi connectivity index (χ0n) is 8.64. The summed E-state index contributed by atoms with van der Waals surface area (Å²) in [5.41, 5.74) is 0.303. The van der Waals surface area contributed by atoms with Crippen LogP contribution in [-0.2, 0) is 0 Å². The predicted molar refractivity (Wildman–Crippen MR) is 58.3 cm³/mol. The second-order valence-electron chi connectivity index (χ2n) is 3.79. The lowest BCUT2D eigenvalue weighted by Crippen LogP contribution is -2.18. The van der Waals surface area contributed by atoms with Gasteiger partial charge in [0.05, 0.1) is 0 Å². The maximum Gasteiger partial charge on any atom is 0.201 e. The monoisotopic (exact) mass is 292 g/mol. The van der Waals surface area contributed by atoms with Gasteiger partial charge < -0.3 is 9.84 Å². The van der Waals surface area contributed by atoms with Crippen molar-refractivity contribution in [2.45, 2.75) is 32.0 Å². The molecule has 0 radical (unpaired) electrons. The minimum Gasteiger partial charge on any atom is -0.484 e. The molecule has 0 saturated carbocycles. The number of rotatable bonds is 2. The predicted octanol–water partition coefficient (Wildman–Crippen LogP) is 3.32. The summed E-state index contributed by atoms with van der Waals surface area (Å²) in [5, 5.41) is 9.92. The van der Waals surface area contributed by atoms with Gasteiger partial charge in [-0.2, -0.15) is 4.39 Å². The van der Waals surface area contributed by atoms with Crippen molar-refractivity contribution in [1.29, 1.82) is 0 Å². The van der Waals surface area contributed by atoms with Crippen LogP contribution in [0.25, 0.3) is 0 Å². The van der Waals surface area contributed by atoms with Crippen molar-refractivity contribution in [2.24, 2.45) is 0 Å². The molecule has 0 fully saturated rings. The molecule has 1 aromatic rings. The molecule has 0 spiro atoms. The maximum absolute atomic E-state index is 13.4. The first kappa shape index (κ1) is 11.8. The number of halogens is 3. The second kappa shape index (κ2) is 4.30. The third-order valence-corrected chi connectivity index (χ3v) is 3.31. The molecule has 5 heteroatoms. The summed E-state index contributed by atoms with van der Waals surface area (Å²) in [6, 6.07) is 1.01. The first-order chi connectivity index (χ1) is 7.56. The van der Waals surface area contributed by atoms with Crippen molar-refractivity contribution in [1.82, 2.24) is 0 Å². The zero-order chi connectivity index (χ0) is 11.9. The van der Waals surface area contributed by atoms with Crippen molar-refractivity contribution < 1.29 is 18.6 Å². The molecule has 2 unspecified atom stereocenters. The third kappa shape index (κ3) is 1.72. The van der Waals surface area contributed by atoms with E-state index in [1.54, 1.807) is 0 Å². The van der Waals surface area contributed by atoms with Crippen LogP contribution in [0.1, 0.15) is 31.4 Å². The molecule has 1 N–H and O–H groups in total. The van der Waals surface area contributed by atoms with Gasteiger partial charge in [0.25, 0.3) is 0 Å². The van der Waals surface area contributed by atoms with Gasteiger partial charge in [0, 0.05) is 10.0 Å². The molecule has 0 aromatic heterocycles. The van der Waals surface area contributed by atoms with Crippen LogP contribution < -0.4 is 4.74 Å². The summed E-state index contributed by atoms with van der Waals surface area (Å²) in [6.45, 7) is 1.94. The van der Waals surface area contributed by atoms with Gasteiger partial charge in [0.2, 0.25) is 5.82 Å². The minimum absolute atomic E-state index is 0.169. The molecule has 1 aliphatic heterocycles. The lowest BCUT2D eigenvalue weighted by Gasteiger charge is -2.12. The van der Waals surface area contributed by atoms with Gasteiger partial charge in [-0.05, 0) is 12.5 Å². The Morgan fingerprint density at radius 1 is 1.50 bits per heavy atom. The molecule has 88 valence electrons. The summed E-state index contributed by atoms with van der Waals surface area (Å²) >= 11 is 3.10. The SMILES string of the molecule is CCCC1Oc2c(F)c(F)cc(Br)c2C1O. The van der Waals surface area contributed by atoms with Crippen molar-refractivity contribution in [3.63, 3.8) is 0 Å². The van der Waals surface area contributed by atoms with E-state index < -0.39 is 23.8 Å². The van der Waals surface area contributed by atoms with Gasteiger partial charge in [-0.1, -0.05) is 29.3 Å². The highest BCUT2D eigenvalue weighted by Crippen LogP contribution is 2.44. The number of aliphatic hydroxyl groups excluding tert-OH is 1. The van der Waals surface area contributed by atoms with E-state index in [0.29, 0.717) is 16.5 Å². The fourth-order valence-corrected chi connectivity index (χ4v) is 2.50. The van der Waals surface area contributed by atoms with Crippen LogP contribution in [-0.4, -0.2) is 11.2 Å². The second-order valence-corrected chi connectivity index (χ2v) is 4.64. The maximum atomic E-state index is 13.4. The Balaban J connectivity index is 2.46. The molecule has 0 amide bonds. The molecule has 2 atom stereocenters. The van der Waals surface area contributed by atoms with E-state index in [4.69, 9.17) is 4.74 Å². The van der Waals surface area contributed by atoms with E-state index in [2.05, 4.69) is 15.9 Å². The van der Waals surface area contributed by atoms with Crippen LogP contribution in [0.3, 0.4) is 0 Å². The summed E-state index contributed by atoms with van der Waals surface area (Å²) < 4.78 is 32.1. The minimum atomic E-state index is -1.03. The highest BCUT2D eigenvalue weighted by atomic mass is 79.9. The van der Waals surface area contributed by atoms with E-state index in [1.165, 1.54) is 0 Å². The molecule has 2 rings (SSSR count). The first-order valence-corrected chi connectivity index (χ1v) is 5.87. The number of fused-ring (bicyclic) bond motifs is 1. The Kier molecular flexibility index (Phi) is 3.17. The van der Waals surface area contributed by atoms with Gasteiger partial charge in [-0.15, -0.1) is 0 Å². The number of aliphatic hydroxyl groups is 1. The van der Waals surface area contributed by atoms with Gasteiger partial charge in [0.15, 0.2) is 11.6 Å². The smallest absolute Gasteiger partial charge is 0.201 e. The van der Waals surface area contributed by atoms with Crippen molar-refractivity contribution in [3.8, 4) is 5.75 Å². The third-order valence-electron chi connectivity index (χ3n) is 2.65. The average Bonchev–Trinajstić information content (AvgIpc) is 2.55. The Bertz CT molecular complexity index is 423. The van der Waals surface area contributed by atoms with Gasteiger partial charge in [-0.25, -0.2) is 4.39 Å². The van der Waals surface area contributed by atoms with Crippen LogP contribution in [0.5, 0.6) is 5.75 Å². The van der Waals surface area contributed by atoms with E-state index in [9.17, 15) is 13.9 Å². The van der Waals surface area contributed by atoms with Gasteiger partial charge in [0.1, 0.15) is 12.2 Å². The molecule has 1 heterocycles. The van der Waals surface area contributed by atoms with E-state index in [1.807, 2.05) is 6.92 Å². The number of ether oxygens (including phenoxy) is 1. The molecule has 1 aromatic carbocycles. The Hall–Kier alpha value is -0.680. The lowest BCUT2D eigenvalue weighted by atomic mass is 10.0. The van der Waals surface area contributed by atoms with E-state index >= 15 is 0 Å². The Morgan fingerprint density at radius 3 is 2.81 bits per heavy atom. The fraction of sp³-hybridized carbons (Fsp3) is 0.455. The van der Waals surface area contributed by atoms with Crippen LogP contribution in [0.2, 0.25) is 0 Å². The summed E-state index contributed by atoms with van der Waals surface area (Å²) in [5.74, 6) is -2.18. The quantitative estimate of drug-likeness (QED) is 0.848. The summed E-state index contributed by atoms with van der Waals surface area (Å²) in [4.78, 5) is 0. The largest absolute Gasteiger partial charge is 0.484 e. The highest BCUT2D eigenvalue weighted by molar-refractivity contribution is 9.10. The van der Waals surface area contributed by atoms with Crippen LogP contribution >= 0.6 is 15.9 Å². The standard InChI is InChI=1S/C11H11BrF2O2/c1-2-3-7-10(15)8-5(12)4-6(13)9(14)11(8)16-7/h4,7,10,15H,2-3H2,1H3. The molecule has 0 aliphatic carbocycles. The Morgan fingerprint density at radius 2 is 2.19 bits per heavy atom. The molecule has 16 heavy (non-hydrogen) atoms. The van der Waals surface area contributed by atoms with Crippen LogP contribution in [0.15, 0.2) is 10.5 Å². The number of benzene rings is 1. The van der Waals surface area contributed by atoms with E-state index in [0.717, 1.165) is 12.5 Å². The number of hydrogen-bond donors (Lipinski definition) is 1. The van der Waals surface area contributed by atoms with Crippen LogP contribution in [0.4, 0.5) is 8.78 Å². The summed E-state index contributed by atoms with van der Waals surface area (Å²) in [6.07, 6.45) is 0.00728. The normalized spacial score (nSPS) is 23.1. The van der Waals surface area contributed by atoms with Gasteiger partial charge >= 0.3 is 0 Å². The molecular weight excluding hydrogens is 282 g/mol. The van der Waals surface area contributed by atoms with E-state index in [-0.39, 0.29) is 5.75 Å². The van der Waals surface area contributed by atoms with Crippen LogP contribution in [0, 0.1) is 11.6 Å². The topological polar surface area (TPSA) is 29.5 Å². The molecule has 1 aliphatic rings. The molecule has 0 bridgehead atoms. The van der Waals surface area contributed by atoms with Crippen molar-refractivity contribution in [2.75, 3.05) is 0 Å². The molecular formula is C11H11BrF2O2.